The maximum absolute atomic E-state index is 14.6. The van der Waals surface area contributed by atoms with Gasteiger partial charge in [0.1, 0.15) is 33.5 Å². The van der Waals surface area contributed by atoms with Gasteiger partial charge in [0.25, 0.3) is 5.56 Å². The lowest BCUT2D eigenvalue weighted by molar-refractivity contribution is -0.122. The third-order valence-corrected chi connectivity index (χ3v) is 9.64. The van der Waals surface area contributed by atoms with Crippen LogP contribution in [0.5, 0.6) is 5.75 Å². The number of aryl methyl sites for hydroxylation is 1. The van der Waals surface area contributed by atoms with Gasteiger partial charge < -0.3 is 14.8 Å². The second kappa shape index (κ2) is 11.4. The fraction of sp³-hybridized carbons (Fsp3) is 0.483. The van der Waals surface area contributed by atoms with Crippen molar-refractivity contribution >= 4 is 27.5 Å². The van der Waals surface area contributed by atoms with Crippen LogP contribution in [0.3, 0.4) is 0 Å². The molecule has 3 aromatic heterocycles. The number of halogens is 1. The van der Waals surface area contributed by atoms with Crippen LogP contribution in [0.25, 0.3) is 15.2 Å². The molecule has 2 aliphatic rings. The molecule has 42 heavy (non-hydrogen) atoms. The van der Waals surface area contributed by atoms with Crippen molar-refractivity contribution < 1.29 is 18.7 Å². The number of benzene rings is 1. The molecule has 1 aliphatic carbocycles. The molecule has 1 aliphatic heterocycles. The van der Waals surface area contributed by atoms with E-state index < -0.39 is 29.2 Å². The monoisotopic (exact) mass is 596 g/mol. The SMILES string of the molecule is COc1ccc(F)cc1[C@H](Cn1c(=O)n([C@@H]2CCNC2=O)c(=O)c2c(C)c(-n3nccn3)sc21)OC1CCC(C)CC1. The predicted molar refractivity (Wildman–Crippen MR) is 155 cm³/mol. The molecule has 1 aromatic carbocycles. The molecule has 13 heteroatoms. The highest BCUT2D eigenvalue weighted by Crippen LogP contribution is 2.37. The van der Waals surface area contributed by atoms with E-state index in [1.54, 1.807) is 13.0 Å². The van der Waals surface area contributed by atoms with E-state index in [-0.39, 0.29) is 18.6 Å². The lowest BCUT2D eigenvalue weighted by Gasteiger charge is -2.31. The van der Waals surface area contributed by atoms with Gasteiger partial charge in [-0.2, -0.15) is 10.2 Å². The first-order chi connectivity index (χ1) is 20.3. The van der Waals surface area contributed by atoms with E-state index in [4.69, 9.17) is 9.47 Å². The second-order valence-corrected chi connectivity index (χ2v) is 12.1. The van der Waals surface area contributed by atoms with Gasteiger partial charge >= 0.3 is 5.69 Å². The molecule has 0 bridgehead atoms. The molecule has 1 saturated carbocycles. The molecule has 11 nitrogen and oxygen atoms in total. The van der Waals surface area contributed by atoms with Gasteiger partial charge in [-0.1, -0.05) is 18.3 Å². The van der Waals surface area contributed by atoms with Crippen molar-refractivity contribution in [1.29, 1.82) is 0 Å². The van der Waals surface area contributed by atoms with Crippen molar-refractivity contribution in [1.82, 2.24) is 29.4 Å². The zero-order valence-corrected chi connectivity index (χ0v) is 24.5. The number of amides is 1. The van der Waals surface area contributed by atoms with Gasteiger partial charge in [-0.05, 0) is 63.1 Å². The van der Waals surface area contributed by atoms with Crippen molar-refractivity contribution in [3.05, 3.63) is 68.4 Å². The van der Waals surface area contributed by atoms with Crippen LogP contribution < -0.4 is 21.3 Å². The Labute approximate surface area is 244 Å². The number of carbonyl (C=O) groups excluding carboxylic acids is 1. The molecule has 0 spiro atoms. The maximum Gasteiger partial charge on any atom is 0.332 e. The van der Waals surface area contributed by atoms with E-state index in [1.807, 2.05) is 0 Å². The molecule has 0 radical (unpaired) electrons. The van der Waals surface area contributed by atoms with Crippen LogP contribution in [0.1, 0.15) is 62.3 Å². The molecule has 2 atom stereocenters. The standard InChI is InChI=1S/C29H33FN6O5S/c1-16-4-7-19(8-5-16)41-23(20-14-18(30)6-9-22(20)40-3)15-34-28-24(17(2)27(42-28)36-32-12-13-33-36)26(38)35(29(34)39)21-10-11-31-25(21)37/h6,9,12-14,16,19,21,23H,4-5,7-8,10-11,15H2,1-3H3,(H,31,37)/t16?,19?,21-,23+/m1/s1. The first kappa shape index (κ1) is 28.3. The highest BCUT2D eigenvalue weighted by molar-refractivity contribution is 7.21. The Hall–Kier alpha value is -3.84. The van der Waals surface area contributed by atoms with Crippen molar-refractivity contribution in [2.75, 3.05) is 13.7 Å². The Morgan fingerprint density at radius 1 is 1.12 bits per heavy atom. The minimum atomic E-state index is -0.936. The van der Waals surface area contributed by atoms with Crippen molar-refractivity contribution in [3.8, 4) is 10.8 Å². The number of ether oxygens (including phenoxy) is 2. The lowest BCUT2D eigenvalue weighted by atomic mass is 9.88. The minimum Gasteiger partial charge on any atom is -0.496 e. The molecule has 222 valence electrons. The summed E-state index contributed by atoms with van der Waals surface area (Å²) >= 11 is 1.21. The molecule has 4 aromatic rings. The van der Waals surface area contributed by atoms with Crippen LogP contribution in [-0.4, -0.2) is 49.8 Å². The van der Waals surface area contributed by atoms with Gasteiger partial charge in [-0.3, -0.25) is 14.2 Å². The summed E-state index contributed by atoms with van der Waals surface area (Å²) < 4.78 is 29.4. The molecule has 1 N–H and O–H groups in total. The fourth-order valence-corrected chi connectivity index (χ4v) is 7.28. The van der Waals surface area contributed by atoms with Gasteiger partial charge in [0.2, 0.25) is 5.91 Å². The van der Waals surface area contributed by atoms with Gasteiger partial charge in [-0.15, -0.1) is 4.80 Å². The third-order valence-electron chi connectivity index (χ3n) is 8.36. The van der Waals surface area contributed by atoms with Crippen LogP contribution in [0.4, 0.5) is 4.39 Å². The van der Waals surface area contributed by atoms with Crippen LogP contribution in [0, 0.1) is 18.7 Å². The first-order valence-electron chi connectivity index (χ1n) is 14.2. The number of thiophene rings is 1. The first-order valence-corrected chi connectivity index (χ1v) is 15.0. The Morgan fingerprint density at radius 3 is 2.52 bits per heavy atom. The smallest absolute Gasteiger partial charge is 0.332 e. The minimum absolute atomic E-state index is 0.0260. The zero-order chi connectivity index (χ0) is 29.5. The molecule has 2 fully saturated rings. The van der Waals surface area contributed by atoms with Crippen molar-refractivity contribution in [2.45, 2.75) is 70.7 Å². The van der Waals surface area contributed by atoms with Crippen LogP contribution in [0.15, 0.2) is 40.2 Å². The van der Waals surface area contributed by atoms with Crippen molar-refractivity contribution in [3.63, 3.8) is 0 Å². The molecule has 1 saturated heterocycles. The van der Waals surface area contributed by atoms with Gasteiger partial charge in [0, 0.05) is 17.7 Å². The molecular weight excluding hydrogens is 563 g/mol. The number of aromatic nitrogens is 5. The molecule has 6 rings (SSSR count). The summed E-state index contributed by atoms with van der Waals surface area (Å²) in [6.45, 7) is 4.33. The summed E-state index contributed by atoms with van der Waals surface area (Å²) in [7, 11) is 1.51. The fourth-order valence-electron chi connectivity index (χ4n) is 6.06. The zero-order valence-electron chi connectivity index (χ0n) is 23.7. The summed E-state index contributed by atoms with van der Waals surface area (Å²) in [5.41, 5.74) is -0.103. The number of nitrogens with zero attached hydrogens (tertiary/aromatic N) is 5. The summed E-state index contributed by atoms with van der Waals surface area (Å²) in [5.74, 6) is 0.194. The Kier molecular flexibility index (Phi) is 7.71. The highest BCUT2D eigenvalue weighted by Gasteiger charge is 2.33. The Bertz CT molecular complexity index is 1740. The maximum atomic E-state index is 14.6. The number of carbonyl (C=O) groups is 1. The number of fused-ring (bicyclic) bond motifs is 1. The number of methoxy groups -OCH3 is 1. The highest BCUT2D eigenvalue weighted by atomic mass is 32.1. The van der Waals surface area contributed by atoms with E-state index >= 15 is 0 Å². The van der Waals surface area contributed by atoms with E-state index in [0.29, 0.717) is 51.0 Å². The number of rotatable bonds is 8. The number of hydrogen-bond acceptors (Lipinski definition) is 8. The second-order valence-electron chi connectivity index (χ2n) is 11.1. The summed E-state index contributed by atoms with van der Waals surface area (Å²) in [6.07, 6.45) is 6.21. The van der Waals surface area contributed by atoms with E-state index in [9.17, 15) is 18.8 Å². The lowest BCUT2D eigenvalue weighted by Crippen LogP contribution is -2.44. The van der Waals surface area contributed by atoms with E-state index in [2.05, 4.69) is 22.4 Å². The predicted octanol–water partition coefficient (Wildman–Crippen LogP) is 3.66. The van der Waals surface area contributed by atoms with Gasteiger partial charge in [0.15, 0.2) is 0 Å². The largest absolute Gasteiger partial charge is 0.496 e. The van der Waals surface area contributed by atoms with Crippen LogP contribution in [-0.2, 0) is 16.1 Å². The normalized spacial score (nSPS) is 21.5. The molecule has 0 unspecified atom stereocenters. The Balaban J connectivity index is 1.55. The molecule has 1 amide bonds. The van der Waals surface area contributed by atoms with Crippen LogP contribution in [0.2, 0.25) is 0 Å². The summed E-state index contributed by atoms with van der Waals surface area (Å²) in [6, 6.07) is 3.30. The van der Waals surface area contributed by atoms with Crippen molar-refractivity contribution in [2.24, 2.45) is 5.92 Å². The average Bonchev–Trinajstić information content (AvgIpc) is 3.73. The van der Waals surface area contributed by atoms with E-state index in [0.717, 1.165) is 30.3 Å². The average molecular weight is 597 g/mol. The Morgan fingerprint density at radius 2 is 1.86 bits per heavy atom. The summed E-state index contributed by atoms with van der Waals surface area (Å²) in [5, 5.41) is 12.1. The topological polar surface area (TPSA) is 122 Å². The quantitative estimate of drug-likeness (QED) is 0.329. The van der Waals surface area contributed by atoms with Gasteiger partial charge in [-0.25, -0.2) is 13.8 Å². The number of nitrogens with one attached hydrogen (secondary N) is 1. The molecule has 4 heterocycles. The summed E-state index contributed by atoms with van der Waals surface area (Å²) in [4.78, 5) is 42.7. The van der Waals surface area contributed by atoms with E-state index in [1.165, 1.54) is 52.3 Å². The molecular formula is C29H33FN6O5S. The van der Waals surface area contributed by atoms with Gasteiger partial charge in [0.05, 0.1) is 37.5 Å². The van der Waals surface area contributed by atoms with Crippen LogP contribution >= 0.6 is 11.3 Å². The number of hydrogen-bond donors (Lipinski definition) is 1. The third kappa shape index (κ3) is 5.04.